The number of rotatable bonds is 23. The van der Waals surface area contributed by atoms with Gasteiger partial charge in [0.25, 0.3) is 10.9 Å². The molecule has 30 atom stereocenters. The van der Waals surface area contributed by atoms with Gasteiger partial charge in [0.2, 0.25) is 0 Å². The molecule has 6 heterocycles. The highest BCUT2D eigenvalue weighted by Gasteiger charge is 2.58. The van der Waals surface area contributed by atoms with Crippen molar-refractivity contribution >= 4 is 5.69 Å². The van der Waals surface area contributed by atoms with Crippen LogP contribution < -0.4 is 20.9 Å². The lowest BCUT2D eigenvalue weighted by atomic mass is 9.90. The normalized spacial score (nSPS) is 47.0. The fourth-order valence-electron chi connectivity index (χ4n) is 10.3. The van der Waals surface area contributed by atoms with Gasteiger partial charge in [0, 0.05) is 18.4 Å². The van der Waals surface area contributed by atoms with E-state index in [0.29, 0.717) is 0 Å². The highest BCUT2D eigenvalue weighted by atomic mass is 16.8. The molecule has 1 aromatic rings. The van der Waals surface area contributed by atoms with E-state index in [4.69, 9.17) is 61.6 Å². The van der Waals surface area contributed by atoms with E-state index < -0.39 is 234 Å². The van der Waals surface area contributed by atoms with Crippen LogP contribution in [0.2, 0.25) is 0 Å². The van der Waals surface area contributed by atoms with E-state index in [9.17, 15) is 96.4 Å². The second-order valence-electron chi connectivity index (χ2n) is 20.1. The van der Waals surface area contributed by atoms with Gasteiger partial charge in [-0.1, -0.05) is 13.8 Å². The molecule has 12 unspecified atom stereocenters. The molecular weight excluding hydrogens is 1080 g/mol. The largest absolute Gasteiger partial charge is 0.488 e. The summed E-state index contributed by atoms with van der Waals surface area (Å²) in [5, 5.41) is 185. The van der Waals surface area contributed by atoms with Crippen molar-refractivity contribution in [3.05, 3.63) is 20.4 Å². The Morgan fingerprint density at radius 3 is 1.29 bits per heavy atom. The molecule has 1 aromatic carbocycles. The average Bonchev–Trinajstić information content (AvgIpc) is 3.52. The summed E-state index contributed by atoms with van der Waals surface area (Å²) in [7, 11) is 0. The summed E-state index contributed by atoms with van der Waals surface area (Å²) in [6, 6.07) is 0. The summed E-state index contributed by atoms with van der Waals surface area (Å²) in [5.41, 5.74) is -1.74. The second kappa shape index (κ2) is 27.9. The zero-order valence-corrected chi connectivity index (χ0v) is 42.9. The fraction of sp³-hybridized carbons (Fsp3) is 0.913. The average molecular weight is 1150 g/mol. The summed E-state index contributed by atoms with van der Waals surface area (Å²) in [6.45, 7) is -1.32. The molecule has 0 aromatic heterocycles. The van der Waals surface area contributed by atoms with Crippen molar-refractivity contribution in [3.8, 4) is 5.75 Å². The Morgan fingerprint density at radius 2 is 0.772 bits per heavy atom. The van der Waals surface area contributed by atoms with Crippen molar-refractivity contribution in [1.82, 2.24) is 0 Å². The van der Waals surface area contributed by atoms with Gasteiger partial charge in [-0.3, -0.25) is 9.59 Å². The van der Waals surface area contributed by atoms with Crippen LogP contribution in [0, 0.1) is 11.8 Å². The minimum atomic E-state index is -2.15. The third kappa shape index (κ3) is 13.3. The molecule has 0 bridgehead atoms. The van der Waals surface area contributed by atoms with Gasteiger partial charge in [0.15, 0.2) is 43.5 Å². The lowest BCUT2D eigenvalue weighted by molar-refractivity contribution is -0.399. The zero-order chi connectivity index (χ0) is 57.9. The van der Waals surface area contributed by atoms with Gasteiger partial charge in [0.1, 0.15) is 128 Å². The molecule has 6 fully saturated rings. The van der Waals surface area contributed by atoms with Crippen LogP contribution in [0.15, 0.2) is 9.59 Å². The SMILES string of the molecule is CCOc1c(NCCO[C@H]2OC(CO)[C@@H](O)[C@H](O[C@@H]3OC(CO)[C@H](O[C@H]4OC(CO)[C@@H](O[C@@H]5OC(CO)[C@H](O)[C@H](O[C@@H]6OC(CO)[C@@H](O)[C@H](O)C6O)C5C)[C@H](O)C4O)[C@H](O[C@@H]4OC(CO)[C@@H](O)[C@H](O)C4O)C3C)C2O)c(=O)c1=O. The van der Waals surface area contributed by atoms with Gasteiger partial charge in [-0.15, -0.1) is 0 Å². The standard InChI is InChI=1S/C46H75NO32/c1-4-67-39-21(26(58)29(39)61)47-5-6-68-43-34(66)40(25(57)18(10-51)70-43)79-42-14(3)36(76-45-32(64)28(60)23(55)16(8-49)72-45)38(20(12-53)73-42)78-46-33(65)30(62)37(19(11-52)74-46)77-41-13(2)35(24(56)17(9-50)69-41)75-44-31(63)27(59)22(54)15(7-48)71-44/h13-20,22-25,27-28,30-38,40-57,59-60,62-66H,4-12H2,1-3H3/t13?,14?,15?,16?,17?,18?,19?,20?,22-,23-,24+,25-,27+,28+,30-,31?,32?,33?,34?,35-,36-,37-,38+,40+,41+,42+,43+,44+,45+,46-/m1/s1. The highest BCUT2D eigenvalue weighted by Crippen LogP contribution is 2.40. The molecule has 79 heavy (non-hydrogen) atoms. The molecule has 18 N–H and O–H groups in total. The Morgan fingerprint density at radius 1 is 0.392 bits per heavy atom. The third-order valence-corrected chi connectivity index (χ3v) is 14.9. The van der Waals surface area contributed by atoms with Crippen LogP contribution in [0.3, 0.4) is 0 Å². The van der Waals surface area contributed by atoms with Crippen LogP contribution in [0.5, 0.6) is 5.75 Å². The van der Waals surface area contributed by atoms with Crippen LogP contribution >= 0.6 is 0 Å². The highest BCUT2D eigenvalue weighted by molar-refractivity contribution is 5.61. The number of ether oxygens (including phenoxy) is 13. The number of anilines is 1. The second-order valence-corrected chi connectivity index (χ2v) is 20.1. The maximum Gasteiger partial charge on any atom is 0.272 e. The smallest absolute Gasteiger partial charge is 0.272 e. The van der Waals surface area contributed by atoms with Crippen molar-refractivity contribution in [3.63, 3.8) is 0 Å². The Balaban J connectivity index is 1.09. The van der Waals surface area contributed by atoms with Gasteiger partial charge in [-0.05, 0) is 6.92 Å². The van der Waals surface area contributed by atoms with Gasteiger partial charge >= 0.3 is 0 Å². The molecule has 0 radical (unpaired) electrons. The summed E-state index contributed by atoms with van der Waals surface area (Å²) in [6.07, 6.45) is -49.2. The number of aliphatic hydroxyl groups excluding tert-OH is 17. The lowest BCUT2D eigenvalue weighted by Crippen LogP contribution is -2.67. The molecule has 456 valence electrons. The summed E-state index contributed by atoms with van der Waals surface area (Å²) < 4.78 is 75.9. The molecular formula is C46H75NO32. The molecule has 6 aliphatic heterocycles. The van der Waals surface area contributed by atoms with Crippen LogP contribution in [0.1, 0.15) is 20.8 Å². The van der Waals surface area contributed by atoms with E-state index in [1.165, 1.54) is 13.8 Å². The molecule has 0 spiro atoms. The Hall–Kier alpha value is -2.48. The van der Waals surface area contributed by atoms with Crippen LogP contribution in [-0.4, -0.2) is 318 Å². The maximum atomic E-state index is 12.1. The number of aliphatic hydroxyl groups is 17. The predicted octanol–water partition coefficient (Wildman–Crippen LogP) is -11.4. The molecule has 0 saturated carbocycles. The van der Waals surface area contributed by atoms with E-state index in [0.717, 1.165) is 0 Å². The molecule has 6 aliphatic rings. The maximum absolute atomic E-state index is 12.1. The minimum absolute atomic E-state index is 0.0948. The van der Waals surface area contributed by atoms with Gasteiger partial charge < -0.3 is 154 Å². The van der Waals surface area contributed by atoms with Gasteiger partial charge in [-0.2, -0.15) is 0 Å². The van der Waals surface area contributed by atoms with Gasteiger partial charge in [0.05, 0.1) is 65.1 Å². The van der Waals surface area contributed by atoms with Crippen molar-refractivity contribution in [1.29, 1.82) is 0 Å². The first-order valence-corrected chi connectivity index (χ1v) is 25.8. The Labute approximate surface area is 449 Å². The van der Waals surface area contributed by atoms with Crippen LogP contribution in [0.4, 0.5) is 5.69 Å². The Kier molecular flexibility index (Phi) is 22.7. The molecule has 6 saturated heterocycles. The molecule has 33 nitrogen and oxygen atoms in total. The van der Waals surface area contributed by atoms with E-state index >= 15 is 0 Å². The van der Waals surface area contributed by atoms with Gasteiger partial charge in [-0.25, -0.2) is 0 Å². The lowest BCUT2D eigenvalue weighted by Gasteiger charge is -2.51. The predicted molar refractivity (Wildman–Crippen MR) is 250 cm³/mol. The molecule has 7 rings (SSSR count). The zero-order valence-electron chi connectivity index (χ0n) is 42.9. The molecule has 0 amide bonds. The first-order chi connectivity index (χ1) is 37.6. The monoisotopic (exact) mass is 1150 g/mol. The fourth-order valence-corrected chi connectivity index (χ4v) is 10.3. The topological polar surface area (TPSA) is 510 Å². The van der Waals surface area contributed by atoms with Crippen molar-refractivity contribution in [2.45, 2.75) is 193 Å². The quantitative estimate of drug-likeness (QED) is 0.0357. The number of hydrogen-bond donors (Lipinski definition) is 18. The third-order valence-electron chi connectivity index (χ3n) is 14.9. The number of hydrogen-bond acceptors (Lipinski definition) is 33. The Bertz CT molecular complexity index is 2100. The van der Waals surface area contributed by atoms with E-state index in [-0.39, 0.29) is 31.2 Å². The first-order valence-electron chi connectivity index (χ1n) is 25.8. The van der Waals surface area contributed by atoms with E-state index in [1.807, 2.05) is 0 Å². The van der Waals surface area contributed by atoms with Crippen LogP contribution in [-0.2, 0) is 56.8 Å². The molecule has 0 aliphatic carbocycles. The summed E-state index contributed by atoms with van der Waals surface area (Å²) in [4.78, 5) is 24.0. The van der Waals surface area contributed by atoms with Crippen LogP contribution in [0.25, 0.3) is 0 Å². The van der Waals surface area contributed by atoms with Crippen molar-refractivity contribution in [2.24, 2.45) is 11.8 Å². The first kappa shape index (κ1) is 64.1. The molecule has 33 heteroatoms. The summed E-state index contributed by atoms with van der Waals surface area (Å²) >= 11 is 0. The minimum Gasteiger partial charge on any atom is -0.488 e. The summed E-state index contributed by atoms with van der Waals surface area (Å²) in [5.74, 6) is -2.60. The number of nitrogens with one attached hydrogen (secondary N) is 1. The van der Waals surface area contributed by atoms with E-state index in [2.05, 4.69) is 5.32 Å². The van der Waals surface area contributed by atoms with E-state index in [1.54, 1.807) is 6.92 Å². The van der Waals surface area contributed by atoms with Crippen molar-refractivity contribution < 1.29 is 148 Å². The van der Waals surface area contributed by atoms with Crippen molar-refractivity contribution in [2.75, 3.05) is 64.7 Å².